The fourth-order valence-electron chi connectivity index (χ4n) is 2.12. The summed E-state index contributed by atoms with van der Waals surface area (Å²) in [5.74, 6) is -1.15. The number of hydrogen-bond donors (Lipinski definition) is 1. The van der Waals surface area contributed by atoms with Crippen LogP contribution in [0.25, 0.3) is 0 Å². The Morgan fingerprint density at radius 3 is 2.29 bits per heavy atom. The number of rotatable bonds is 1. The molecule has 0 bridgehead atoms. The maximum Gasteiger partial charge on any atom is 0.129 e. The van der Waals surface area contributed by atoms with Crippen LogP contribution in [0.15, 0.2) is 18.2 Å². The normalized spacial score (nSPS) is 26.8. The number of aliphatic hydroxyl groups is 1. The van der Waals surface area contributed by atoms with Gasteiger partial charge in [-0.15, -0.1) is 0 Å². The first-order valence-corrected chi connectivity index (χ1v) is 4.80. The van der Waals surface area contributed by atoms with E-state index in [0.717, 1.165) is 0 Å². The van der Waals surface area contributed by atoms with E-state index in [1.807, 2.05) is 0 Å². The third-order valence-corrected chi connectivity index (χ3v) is 2.81. The summed E-state index contributed by atoms with van der Waals surface area (Å²) in [6.07, 6.45) is 1.37. The Bertz CT molecular complexity index is 318. The SMILES string of the molecule is OC1CCC(c2c(F)cccc2F)C1. The minimum atomic E-state index is -0.496. The lowest BCUT2D eigenvalue weighted by atomic mass is 9.96. The molecule has 2 atom stereocenters. The van der Waals surface area contributed by atoms with Crippen molar-refractivity contribution in [3.05, 3.63) is 35.4 Å². The lowest BCUT2D eigenvalue weighted by Gasteiger charge is -2.11. The molecule has 3 heteroatoms. The molecule has 14 heavy (non-hydrogen) atoms. The molecule has 1 aromatic carbocycles. The van der Waals surface area contributed by atoms with Crippen molar-refractivity contribution in [1.82, 2.24) is 0 Å². The molecule has 1 aromatic rings. The predicted molar refractivity (Wildman–Crippen MR) is 49.0 cm³/mol. The molecule has 2 unspecified atom stereocenters. The molecule has 1 nitrogen and oxygen atoms in total. The molecule has 2 rings (SSSR count). The van der Waals surface area contributed by atoms with Gasteiger partial charge < -0.3 is 5.11 Å². The van der Waals surface area contributed by atoms with Crippen LogP contribution in [0.5, 0.6) is 0 Å². The van der Waals surface area contributed by atoms with E-state index in [1.165, 1.54) is 18.2 Å². The second-order valence-corrected chi connectivity index (χ2v) is 3.80. The van der Waals surface area contributed by atoms with Crippen LogP contribution in [0.3, 0.4) is 0 Å². The topological polar surface area (TPSA) is 20.2 Å². The van der Waals surface area contributed by atoms with Gasteiger partial charge in [0.05, 0.1) is 6.10 Å². The summed E-state index contributed by atoms with van der Waals surface area (Å²) in [6.45, 7) is 0. The Morgan fingerprint density at radius 1 is 1.14 bits per heavy atom. The number of halogens is 2. The fraction of sp³-hybridized carbons (Fsp3) is 0.455. The molecule has 0 aromatic heterocycles. The van der Waals surface area contributed by atoms with Crippen LogP contribution in [0.2, 0.25) is 0 Å². The van der Waals surface area contributed by atoms with Crippen LogP contribution < -0.4 is 0 Å². The Hall–Kier alpha value is -0.960. The summed E-state index contributed by atoms with van der Waals surface area (Å²) in [6, 6.07) is 3.89. The highest BCUT2D eigenvalue weighted by Gasteiger charge is 2.28. The van der Waals surface area contributed by atoms with Gasteiger partial charge in [0.15, 0.2) is 0 Å². The van der Waals surface area contributed by atoms with E-state index >= 15 is 0 Å². The predicted octanol–water partition coefficient (Wildman–Crippen LogP) is 2.59. The Labute approximate surface area is 81.4 Å². The van der Waals surface area contributed by atoms with Crippen molar-refractivity contribution < 1.29 is 13.9 Å². The smallest absolute Gasteiger partial charge is 0.129 e. The summed E-state index contributed by atoms with van der Waals surface area (Å²) in [7, 11) is 0. The molecular formula is C11H12F2O. The Kier molecular flexibility index (Phi) is 2.50. The average molecular weight is 198 g/mol. The molecule has 0 spiro atoms. The maximum absolute atomic E-state index is 13.3. The van der Waals surface area contributed by atoms with Crippen LogP contribution in [0, 0.1) is 11.6 Å². The third kappa shape index (κ3) is 1.64. The van der Waals surface area contributed by atoms with E-state index < -0.39 is 17.7 Å². The molecule has 1 N–H and O–H groups in total. The quantitative estimate of drug-likeness (QED) is 0.735. The first kappa shape index (κ1) is 9.59. The molecular weight excluding hydrogens is 186 g/mol. The molecule has 0 amide bonds. The van der Waals surface area contributed by atoms with Crippen molar-refractivity contribution >= 4 is 0 Å². The Morgan fingerprint density at radius 2 is 1.79 bits per heavy atom. The summed E-state index contributed by atoms with van der Waals surface area (Å²) in [5.41, 5.74) is 0.143. The molecule has 0 saturated heterocycles. The molecule has 1 aliphatic carbocycles. The minimum Gasteiger partial charge on any atom is -0.393 e. The fourth-order valence-corrected chi connectivity index (χ4v) is 2.12. The van der Waals surface area contributed by atoms with Gasteiger partial charge in [0.25, 0.3) is 0 Å². The molecule has 0 aliphatic heterocycles. The largest absolute Gasteiger partial charge is 0.393 e. The van der Waals surface area contributed by atoms with Gasteiger partial charge in [0.1, 0.15) is 11.6 Å². The summed E-state index contributed by atoms with van der Waals surface area (Å²) in [4.78, 5) is 0. The van der Waals surface area contributed by atoms with Crippen molar-refractivity contribution in [2.45, 2.75) is 31.3 Å². The van der Waals surface area contributed by atoms with Crippen LogP contribution >= 0.6 is 0 Å². The van der Waals surface area contributed by atoms with E-state index in [-0.39, 0.29) is 11.5 Å². The summed E-state index contributed by atoms with van der Waals surface area (Å²) < 4.78 is 26.6. The van der Waals surface area contributed by atoms with Crippen molar-refractivity contribution in [1.29, 1.82) is 0 Å². The standard InChI is InChI=1S/C11H12F2O/c12-9-2-1-3-10(13)11(9)7-4-5-8(14)6-7/h1-3,7-8,14H,4-6H2. The summed E-state index contributed by atoms with van der Waals surface area (Å²) in [5, 5.41) is 9.30. The van der Waals surface area contributed by atoms with Crippen LogP contribution in [0.1, 0.15) is 30.7 Å². The van der Waals surface area contributed by atoms with E-state index in [4.69, 9.17) is 0 Å². The van der Waals surface area contributed by atoms with Crippen molar-refractivity contribution in [3.8, 4) is 0 Å². The van der Waals surface area contributed by atoms with Gasteiger partial charge in [0, 0.05) is 5.56 Å². The van der Waals surface area contributed by atoms with E-state index in [0.29, 0.717) is 19.3 Å². The zero-order valence-electron chi connectivity index (χ0n) is 7.71. The van der Waals surface area contributed by atoms with Crippen molar-refractivity contribution in [2.24, 2.45) is 0 Å². The third-order valence-electron chi connectivity index (χ3n) is 2.81. The maximum atomic E-state index is 13.3. The number of aliphatic hydroxyl groups excluding tert-OH is 1. The molecule has 1 aliphatic rings. The molecule has 1 fully saturated rings. The summed E-state index contributed by atoms with van der Waals surface area (Å²) >= 11 is 0. The van der Waals surface area contributed by atoms with Gasteiger partial charge in [0.2, 0.25) is 0 Å². The average Bonchev–Trinajstić information content (AvgIpc) is 2.51. The van der Waals surface area contributed by atoms with E-state index in [2.05, 4.69) is 0 Å². The van der Waals surface area contributed by atoms with Crippen LogP contribution in [-0.2, 0) is 0 Å². The molecule has 0 heterocycles. The first-order valence-electron chi connectivity index (χ1n) is 4.80. The van der Waals surface area contributed by atoms with E-state index in [9.17, 15) is 13.9 Å². The van der Waals surface area contributed by atoms with Gasteiger partial charge in [-0.2, -0.15) is 0 Å². The van der Waals surface area contributed by atoms with Gasteiger partial charge in [-0.05, 0) is 37.3 Å². The minimum absolute atomic E-state index is 0.143. The number of benzene rings is 1. The van der Waals surface area contributed by atoms with Gasteiger partial charge in [-0.1, -0.05) is 6.07 Å². The van der Waals surface area contributed by atoms with Gasteiger partial charge in [-0.25, -0.2) is 8.78 Å². The highest BCUT2D eigenvalue weighted by molar-refractivity contribution is 5.24. The molecule has 1 saturated carbocycles. The van der Waals surface area contributed by atoms with Gasteiger partial charge in [-0.3, -0.25) is 0 Å². The zero-order chi connectivity index (χ0) is 10.1. The van der Waals surface area contributed by atoms with Crippen molar-refractivity contribution in [2.75, 3.05) is 0 Å². The highest BCUT2D eigenvalue weighted by atomic mass is 19.1. The highest BCUT2D eigenvalue weighted by Crippen LogP contribution is 2.36. The lowest BCUT2D eigenvalue weighted by Crippen LogP contribution is -2.03. The van der Waals surface area contributed by atoms with Crippen LogP contribution in [-0.4, -0.2) is 11.2 Å². The Balaban J connectivity index is 2.31. The second-order valence-electron chi connectivity index (χ2n) is 3.80. The lowest BCUT2D eigenvalue weighted by molar-refractivity contribution is 0.181. The first-order chi connectivity index (χ1) is 6.68. The van der Waals surface area contributed by atoms with E-state index in [1.54, 1.807) is 0 Å². The molecule has 76 valence electrons. The second kappa shape index (κ2) is 3.65. The van der Waals surface area contributed by atoms with Crippen LogP contribution in [0.4, 0.5) is 8.78 Å². The molecule has 0 radical (unpaired) electrons. The number of hydrogen-bond acceptors (Lipinski definition) is 1. The zero-order valence-corrected chi connectivity index (χ0v) is 7.71. The van der Waals surface area contributed by atoms with Crippen molar-refractivity contribution in [3.63, 3.8) is 0 Å². The monoisotopic (exact) mass is 198 g/mol. The van der Waals surface area contributed by atoms with Gasteiger partial charge >= 0.3 is 0 Å².